The number of aromatic amines is 1. The molecule has 1 saturated carbocycles. The van der Waals surface area contributed by atoms with Crippen LogP contribution in [0.2, 0.25) is 0 Å². The number of carbonyl (C=O) groups is 1. The van der Waals surface area contributed by atoms with Crippen LogP contribution in [0, 0.1) is 0 Å². The molecule has 1 aromatic heterocycles. The minimum atomic E-state index is -0.697. The van der Waals surface area contributed by atoms with Crippen molar-refractivity contribution in [3.63, 3.8) is 0 Å². The molecule has 0 atom stereocenters. The normalized spacial score (nSPS) is 12.4. The second-order valence-corrected chi connectivity index (χ2v) is 3.24. The minimum absolute atomic E-state index is 0.434. The molecule has 1 aliphatic carbocycles. The molecule has 0 unspecified atom stereocenters. The summed E-state index contributed by atoms with van der Waals surface area (Å²) in [6, 6.07) is -0.697. The molecule has 0 bridgehead atoms. The predicted octanol–water partition coefficient (Wildman–Crippen LogP) is 1.65. The van der Waals surface area contributed by atoms with Crippen LogP contribution in [0.15, 0.2) is 6.20 Å². The summed E-state index contributed by atoms with van der Waals surface area (Å²) in [7, 11) is 0. The van der Waals surface area contributed by atoms with Gasteiger partial charge in [-0.25, -0.2) is 10.3 Å². The molecule has 2 amide bonds. The van der Waals surface area contributed by atoms with Gasteiger partial charge in [0.05, 0.1) is 0 Å². The summed E-state index contributed by atoms with van der Waals surface area (Å²) in [5.41, 5.74) is 2.34. The molecule has 0 radical (unpaired) electrons. The largest absolute Gasteiger partial charge is 0.344 e. The molecular weight excluding hydrogens is 196 g/mol. The van der Waals surface area contributed by atoms with E-state index in [-0.39, 0.29) is 0 Å². The Labute approximate surface area is 88.0 Å². The fourth-order valence-corrected chi connectivity index (χ4v) is 0.828. The highest BCUT2D eigenvalue weighted by Crippen LogP contribution is 2.14. The number of nitrogens with one attached hydrogen (secondary N) is 3. The van der Waals surface area contributed by atoms with E-state index in [2.05, 4.69) is 15.5 Å². The molecule has 1 heterocycles. The van der Waals surface area contributed by atoms with Crippen molar-refractivity contribution in [2.24, 2.45) is 0 Å². The van der Waals surface area contributed by atoms with Crippen LogP contribution in [0.3, 0.4) is 0 Å². The van der Waals surface area contributed by atoms with Crippen molar-refractivity contribution in [3.8, 4) is 0 Å². The summed E-state index contributed by atoms with van der Waals surface area (Å²) < 4.78 is 0. The summed E-state index contributed by atoms with van der Waals surface area (Å²) in [5, 5.41) is 16.9. The number of urea groups is 1. The average molecular weight is 212 g/mol. The molecule has 1 aromatic rings. The summed E-state index contributed by atoms with van der Waals surface area (Å²) in [6.07, 6.45) is 6.95. The van der Waals surface area contributed by atoms with Crippen molar-refractivity contribution in [1.82, 2.24) is 15.7 Å². The van der Waals surface area contributed by atoms with Gasteiger partial charge in [-0.2, -0.15) is 5.10 Å². The van der Waals surface area contributed by atoms with E-state index in [0.29, 0.717) is 5.82 Å². The molecule has 6 heteroatoms. The molecule has 0 aliphatic heterocycles. The molecule has 2 rings (SSSR count). The van der Waals surface area contributed by atoms with Gasteiger partial charge in [0.2, 0.25) is 0 Å². The Hall–Kier alpha value is -1.56. The first-order valence-corrected chi connectivity index (χ1v) is 5.01. The highest BCUT2D eigenvalue weighted by Gasteiger charge is 2.06. The molecule has 1 fully saturated rings. The predicted molar refractivity (Wildman–Crippen MR) is 55.8 cm³/mol. The molecule has 0 spiro atoms. The Bertz CT molecular complexity index is 306. The lowest BCUT2D eigenvalue weighted by Crippen LogP contribution is -2.25. The van der Waals surface area contributed by atoms with Crippen molar-refractivity contribution in [3.05, 3.63) is 11.8 Å². The lowest BCUT2D eigenvalue weighted by atomic mass is 10.2. The smallest absolute Gasteiger partial charge is 0.289 e. The monoisotopic (exact) mass is 212 g/mol. The lowest BCUT2D eigenvalue weighted by Gasteiger charge is -2.00. The Kier molecular flexibility index (Phi) is 4.62. The van der Waals surface area contributed by atoms with E-state index in [4.69, 9.17) is 5.21 Å². The van der Waals surface area contributed by atoms with Gasteiger partial charge < -0.3 is 0 Å². The number of amides is 2. The quantitative estimate of drug-likeness (QED) is 0.444. The van der Waals surface area contributed by atoms with Crippen molar-refractivity contribution in [2.45, 2.75) is 32.6 Å². The van der Waals surface area contributed by atoms with Gasteiger partial charge in [0.15, 0.2) is 5.82 Å². The zero-order valence-electron chi connectivity index (χ0n) is 8.71. The minimum Gasteiger partial charge on any atom is -0.289 e. The number of carbonyl (C=O) groups excluding carboxylic acids is 1. The number of aromatic nitrogens is 2. The van der Waals surface area contributed by atoms with Crippen LogP contribution in [0.5, 0.6) is 0 Å². The zero-order valence-corrected chi connectivity index (χ0v) is 8.71. The molecule has 4 N–H and O–H groups in total. The van der Waals surface area contributed by atoms with Crippen LogP contribution >= 0.6 is 0 Å². The topological polar surface area (TPSA) is 90.0 Å². The van der Waals surface area contributed by atoms with E-state index < -0.39 is 6.03 Å². The highest BCUT2D eigenvalue weighted by molar-refractivity contribution is 5.87. The second-order valence-electron chi connectivity index (χ2n) is 3.24. The van der Waals surface area contributed by atoms with E-state index in [1.165, 1.54) is 24.7 Å². The van der Waals surface area contributed by atoms with Gasteiger partial charge in [-0.15, -0.1) is 0 Å². The molecule has 6 nitrogen and oxygen atoms in total. The van der Waals surface area contributed by atoms with Gasteiger partial charge in [-0.1, -0.05) is 26.2 Å². The van der Waals surface area contributed by atoms with Crippen LogP contribution in [0.1, 0.15) is 31.7 Å². The van der Waals surface area contributed by atoms with Gasteiger partial charge in [-0.05, 0) is 6.42 Å². The summed E-state index contributed by atoms with van der Waals surface area (Å²) in [5.74, 6) is 0.434. The molecule has 0 aromatic carbocycles. The van der Waals surface area contributed by atoms with Gasteiger partial charge >= 0.3 is 6.03 Å². The summed E-state index contributed by atoms with van der Waals surface area (Å²) >= 11 is 0. The highest BCUT2D eigenvalue weighted by atomic mass is 16.5. The SMILES string of the molecule is C1CC1.CCc1c[nH]nc1NC(=O)NO. The zero-order chi connectivity index (χ0) is 11.1. The Balaban J connectivity index is 0.000000319. The van der Waals surface area contributed by atoms with Crippen molar-refractivity contribution < 1.29 is 10.0 Å². The Morgan fingerprint density at radius 3 is 2.73 bits per heavy atom. The van der Waals surface area contributed by atoms with E-state index in [1.54, 1.807) is 6.20 Å². The fraction of sp³-hybridized carbons (Fsp3) is 0.556. The first-order chi connectivity index (χ1) is 7.27. The van der Waals surface area contributed by atoms with E-state index in [9.17, 15) is 4.79 Å². The van der Waals surface area contributed by atoms with E-state index >= 15 is 0 Å². The van der Waals surface area contributed by atoms with Crippen LogP contribution in [-0.2, 0) is 6.42 Å². The maximum absolute atomic E-state index is 10.6. The van der Waals surface area contributed by atoms with Gasteiger partial charge in [0.1, 0.15) is 0 Å². The molecular formula is C9H16N4O2. The van der Waals surface area contributed by atoms with Crippen molar-refractivity contribution in [2.75, 3.05) is 5.32 Å². The first-order valence-electron chi connectivity index (χ1n) is 5.01. The second kappa shape index (κ2) is 6.02. The van der Waals surface area contributed by atoms with Crippen LogP contribution in [0.25, 0.3) is 0 Å². The number of rotatable bonds is 2. The molecule has 15 heavy (non-hydrogen) atoms. The third kappa shape index (κ3) is 4.46. The standard InChI is InChI=1S/C6H10N4O2.C3H6/c1-2-4-3-7-9-5(4)8-6(11)10-12;1-2-3-1/h3,12H,2H2,1H3,(H3,7,8,9,10,11);1-3H2. The number of aryl methyl sites for hydroxylation is 1. The number of hydrogen-bond donors (Lipinski definition) is 4. The third-order valence-electron chi connectivity index (χ3n) is 1.79. The molecule has 0 saturated heterocycles. The molecule has 1 aliphatic rings. The first kappa shape index (κ1) is 11.5. The van der Waals surface area contributed by atoms with Crippen molar-refractivity contribution >= 4 is 11.8 Å². The number of anilines is 1. The number of H-pyrrole nitrogens is 1. The van der Waals surface area contributed by atoms with E-state index in [0.717, 1.165) is 12.0 Å². The fourth-order valence-electron chi connectivity index (χ4n) is 0.828. The number of hydrogen-bond acceptors (Lipinski definition) is 3. The van der Waals surface area contributed by atoms with Crippen LogP contribution in [-0.4, -0.2) is 21.4 Å². The third-order valence-corrected chi connectivity index (χ3v) is 1.79. The lowest BCUT2D eigenvalue weighted by molar-refractivity contribution is 0.172. The Morgan fingerprint density at radius 1 is 1.60 bits per heavy atom. The van der Waals surface area contributed by atoms with Crippen LogP contribution < -0.4 is 10.8 Å². The van der Waals surface area contributed by atoms with E-state index in [1.807, 2.05) is 6.92 Å². The molecule has 84 valence electrons. The summed E-state index contributed by atoms with van der Waals surface area (Å²) in [4.78, 5) is 10.6. The number of hydroxylamine groups is 1. The maximum Gasteiger partial charge on any atom is 0.344 e. The van der Waals surface area contributed by atoms with Crippen LogP contribution in [0.4, 0.5) is 10.6 Å². The number of nitrogens with zero attached hydrogens (tertiary/aromatic N) is 1. The van der Waals surface area contributed by atoms with Gasteiger partial charge in [0.25, 0.3) is 0 Å². The summed E-state index contributed by atoms with van der Waals surface area (Å²) in [6.45, 7) is 1.94. The maximum atomic E-state index is 10.6. The van der Waals surface area contributed by atoms with Gasteiger partial charge in [0, 0.05) is 11.8 Å². The average Bonchev–Trinajstić information content (AvgIpc) is 3.07. The Morgan fingerprint density at radius 2 is 2.27 bits per heavy atom. The van der Waals surface area contributed by atoms with Gasteiger partial charge in [-0.3, -0.25) is 15.6 Å². The van der Waals surface area contributed by atoms with Crippen molar-refractivity contribution in [1.29, 1.82) is 0 Å².